The zero-order valence-corrected chi connectivity index (χ0v) is 9.85. The summed E-state index contributed by atoms with van der Waals surface area (Å²) in [7, 11) is 0. The van der Waals surface area contributed by atoms with Crippen molar-refractivity contribution in [3.05, 3.63) is 35.1 Å². The molecule has 84 valence electrons. The van der Waals surface area contributed by atoms with Gasteiger partial charge in [-0.1, -0.05) is 38.8 Å². The molecule has 0 amide bonds. The highest BCUT2D eigenvalue weighted by Crippen LogP contribution is 2.18. The van der Waals surface area contributed by atoms with Crippen LogP contribution in [0.15, 0.2) is 18.2 Å². The van der Waals surface area contributed by atoms with Crippen molar-refractivity contribution in [3.63, 3.8) is 0 Å². The first-order valence-electron chi connectivity index (χ1n) is 6.05. The Kier molecular flexibility index (Phi) is 5.38. The molecular weight excluding hydrogens is 187 g/mol. The fourth-order valence-corrected chi connectivity index (χ4v) is 1.84. The molecule has 0 unspecified atom stereocenters. The summed E-state index contributed by atoms with van der Waals surface area (Å²) in [5.41, 5.74) is 2.16. The van der Waals surface area contributed by atoms with E-state index in [9.17, 15) is 4.39 Å². The number of hydrogen-bond donors (Lipinski definition) is 0. The second-order valence-electron chi connectivity index (χ2n) is 4.08. The Hall–Kier alpha value is -0.850. The second-order valence-corrected chi connectivity index (χ2v) is 4.08. The first-order valence-corrected chi connectivity index (χ1v) is 6.05. The van der Waals surface area contributed by atoms with Crippen LogP contribution in [0.4, 0.5) is 4.39 Å². The van der Waals surface area contributed by atoms with Gasteiger partial charge in [0.25, 0.3) is 0 Å². The Balaban J connectivity index is 2.77. The number of unbranched alkanes of at least 4 members (excludes halogenated alkanes) is 2. The molecule has 1 rings (SSSR count). The molecular formula is C14H21F. The lowest BCUT2D eigenvalue weighted by molar-refractivity contribution is 0.597. The van der Waals surface area contributed by atoms with E-state index in [2.05, 4.69) is 19.9 Å². The largest absolute Gasteiger partial charge is 0.207 e. The molecule has 1 aromatic carbocycles. The maximum Gasteiger partial charge on any atom is 0.126 e. The zero-order valence-electron chi connectivity index (χ0n) is 9.85. The van der Waals surface area contributed by atoms with Crippen LogP contribution < -0.4 is 0 Å². The van der Waals surface area contributed by atoms with Gasteiger partial charge >= 0.3 is 0 Å². The van der Waals surface area contributed by atoms with Crippen molar-refractivity contribution < 1.29 is 4.39 Å². The van der Waals surface area contributed by atoms with Crippen LogP contribution in [0.3, 0.4) is 0 Å². The van der Waals surface area contributed by atoms with Gasteiger partial charge in [-0.05, 0) is 42.9 Å². The lowest BCUT2D eigenvalue weighted by atomic mass is 9.97. The monoisotopic (exact) mass is 208 g/mol. The molecule has 1 heteroatoms. The highest BCUT2D eigenvalue weighted by atomic mass is 19.1. The SMILES string of the molecule is CCCCc1cccc(F)c1CCCC. The van der Waals surface area contributed by atoms with Gasteiger partial charge in [-0.25, -0.2) is 4.39 Å². The fourth-order valence-electron chi connectivity index (χ4n) is 1.84. The quantitative estimate of drug-likeness (QED) is 0.645. The summed E-state index contributed by atoms with van der Waals surface area (Å²) >= 11 is 0. The maximum atomic E-state index is 13.6. The van der Waals surface area contributed by atoms with Gasteiger partial charge in [0.15, 0.2) is 0 Å². The van der Waals surface area contributed by atoms with Gasteiger partial charge in [0.05, 0.1) is 0 Å². The molecule has 0 fully saturated rings. The molecule has 0 nitrogen and oxygen atoms in total. The number of halogens is 1. The van der Waals surface area contributed by atoms with Crippen LogP contribution in [0.5, 0.6) is 0 Å². The van der Waals surface area contributed by atoms with Crippen LogP contribution >= 0.6 is 0 Å². The number of benzene rings is 1. The van der Waals surface area contributed by atoms with E-state index in [1.165, 1.54) is 12.0 Å². The average Bonchev–Trinajstić information content (AvgIpc) is 2.25. The van der Waals surface area contributed by atoms with Crippen LogP contribution in [0.1, 0.15) is 50.7 Å². The molecule has 0 radical (unpaired) electrons. The minimum absolute atomic E-state index is 0.0166. The first-order chi connectivity index (χ1) is 7.29. The van der Waals surface area contributed by atoms with E-state index in [1.807, 2.05) is 6.07 Å². The van der Waals surface area contributed by atoms with E-state index in [0.29, 0.717) is 0 Å². The zero-order chi connectivity index (χ0) is 11.1. The summed E-state index contributed by atoms with van der Waals surface area (Å²) in [6.45, 7) is 4.32. The smallest absolute Gasteiger partial charge is 0.126 e. The fraction of sp³-hybridized carbons (Fsp3) is 0.571. The van der Waals surface area contributed by atoms with E-state index in [1.54, 1.807) is 6.07 Å². The van der Waals surface area contributed by atoms with E-state index >= 15 is 0 Å². The van der Waals surface area contributed by atoms with Gasteiger partial charge < -0.3 is 0 Å². The summed E-state index contributed by atoms with van der Waals surface area (Å²) in [6, 6.07) is 5.49. The molecule has 1 aromatic rings. The topological polar surface area (TPSA) is 0 Å². The van der Waals surface area contributed by atoms with Crippen LogP contribution in [0.2, 0.25) is 0 Å². The van der Waals surface area contributed by atoms with Crippen LogP contribution in [0.25, 0.3) is 0 Å². The highest BCUT2D eigenvalue weighted by molar-refractivity contribution is 5.29. The van der Waals surface area contributed by atoms with Gasteiger partial charge in [-0.2, -0.15) is 0 Å². The van der Waals surface area contributed by atoms with Crippen LogP contribution in [-0.4, -0.2) is 0 Å². The molecule has 0 aliphatic carbocycles. The molecule has 0 aliphatic heterocycles. The average molecular weight is 208 g/mol. The summed E-state index contributed by atoms with van der Waals surface area (Å²) < 4.78 is 13.6. The lowest BCUT2D eigenvalue weighted by Gasteiger charge is -2.09. The van der Waals surface area contributed by atoms with Gasteiger partial charge in [0.1, 0.15) is 5.82 Å². The van der Waals surface area contributed by atoms with Gasteiger partial charge in [0.2, 0.25) is 0 Å². The summed E-state index contributed by atoms with van der Waals surface area (Å²) in [4.78, 5) is 0. The van der Waals surface area contributed by atoms with Crippen molar-refractivity contribution in [2.24, 2.45) is 0 Å². The Morgan fingerprint density at radius 2 is 1.67 bits per heavy atom. The summed E-state index contributed by atoms with van der Waals surface area (Å²) in [5, 5.41) is 0. The molecule has 0 aromatic heterocycles. The predicted molar refractivity (Wildman–Crippen MR) is 63.6 cm³/mol. The molecule has 0 saturated carbocycles. The molecule has 0 aliphatic rings. The lowest BCUT2D eigenvalue weighted by Crippen LogP contribution is -1.98. The van der Waals surface area contributed by atoms with Crippen molar-refractivity contribution in [2.45, 2.75) is 52.4 Å². The highest BCUT2D eigenvalue weighted by Gasteiger charge is 2.06. The third-order valence-corrected chi connectivity index (χ3v) is 2.80. The summed E-state index contributed by atoms with van der Waals surface area (Å²) in [6.07, 6.45) is 6.45. The van der Waals surface area contributed by atoms with Crippen molar-refractivity contribution >= 4 is 0 Å². The van der Waals surface area contributed by atoms with Crippen molar-refractivity contribution in [1.82, 2.24) is 0 Å². The Morgan fingerprint density at radius 3 is 2.33 bits per heavy atom. The second kappa shape index (κ2) is 6.60. The molecule has 0 heterocycles. The predicted octanol–water partition coefficient (Wildman–Crippen LogP) is 4.51. The molecule has 0 atom stereocenters. The van der Waals surface area contributed by atoms with Crippen molar-refractivity contribution in [3.8, 4) is 0 Å². The van der Waals surface area contributed by atoms with E-state index in [4.69, 9.17) is 0 Å². The molecule has 0 N–H and O–H groups in total. The molecule has 0 bridgehead atoms. The van der Waals surface area contributed by atoms with Crippen LogP contribution in [-0.2, 0) is 12.8 Å². The van der Waals surface area contributed by atoms with Crippen molar-refractivity contribution in [1.29, 1.82) is 0 Å². The molecule has 0 spiro atoms. The van der Waals surface area contributed by atoms with Gasteiger partial charge in [-0.3, -0.25) is 0 Å². The number of hydrogen-bond acceptors (Lipinski definition) is 0. The Morgan fingerprint density at radius 1 is 1.00 bits per heavy atom. The van der Waals surface area contributed by atoms with Gasteiger partial charge in [0, 0.05) is 0 Å². The Labute approximate surface area is 92.5 Å². The van der Waals surface area contributed by atoms with Crippen molar-refractivity contribution in [2.75, 3.05) is 0 Å². The third kappa shape index (κ3) is 3.65. The first kappa shape index (κ1) is 12.2. The normalized spacial score (nSPS) is 10.6. The van der Waals surface area contributed by atoms with E-state index in [0.717, 1.165) is 37.7 Å². The Bertz CT molecular complexity index is 291. The minimum atomic E-state index is -0.0166. The van der Waals surface area contributed by atoms with Gasteiger partial charge in [-0.15, -0.1) is 0 Å². The van der Waals surface area contributed by atoms with E-state index < -0.39 is 0 Å². The molecule has 0 saturated heterocycles. The van der Waals surface area contributed by atoms with E-state index in [-0.39, 0.29) is 5.82 Å². The summed E-state index contributed by atoms with van der Waals surface area (Å²) in [5.74, 6) is -0.0166. The maximum absolute atomic E-state index is 13.6. The minimum Gasteiger partial charge on any atom is -0.207 e. The third-order valence-electron chi connectivity index (χ3n) is 2.80. The standard InChI is InChI=1S/C14H21F/c1-3-5-8-12-9-7-11-14(15)13(12)10-6-4-2/h7,9,11H,3-6,8,10H2,1-2H3. The number of rotatable bonds is 6. The van der Waals surface area contributed by atoms with Crippen LogP contribution in [0, 0.1) is 5.82 Å². The number of aryl methyl sites for hydroxylation is 1. The molecule has 15 heavy (non-hydrogen) atoms.